The van der Waals surface area contributed by atoms with Crippen molar-refractivity contribution in [2.24, 2.45) is 0 Å². The van der Waals surface area contributed by atoms with Crippen molar-refractivity contribution in [2.45, 2.75) is 13.1 Å². The number of pyridine rings is 1. The van der Waals surface area contributed by atoms with Crippen molar-refractivity contribution in [3.8, 4) is 5.82 Å². The number of hydrogen-bond acceptors (Lipinski definition) is 3. The lowest BCUT2D eigenvalue weighted by atomic mass is 10.2. The summed E-state index contributed by atoms with van der Waals surface area (Å²) in [6, 6.07) is 7.05. The molecule has 2 aromatic heterocycles. The fraction of sp³-hybridized carbons (Fsp3) is 0.118. The van der Waals surface area contributed by atoms with E-state index in [-0.39, 0.29) is 5.69 Å². The van der Waals surface area contributed by atoms with Gasteiger partial charge in [-0.05, 0) is 37.3 Å². The van der Waals surface area contributed by atoms with E-state index in [1.165, 1.54) is 18.3 Å². The lowest BCUT2D eigenvalue weighted by molar-refractivity contribution is -0.137. The zero-order chi connectivity index (χ0) is 18.7. The number of aryl methyl sites for hydroxylation is 1. The molecule has 3 aromatic rings. The second-order valence-corrected chi connectivity index (χ2v) is 5.41. The predicted octanol–water partition coefficient (Wildman–Crippen LogP) is 4.24. The highest BCUT2D eigenvalue weighted by Gasteiger charge is 2.30. The van der Waals surface area contributed by atoms with Crippen LogP contribution in [0.1, 0.15) is 11.4 Å². The average molecular weight is 361 g/mol. The van der Waals surface area contributed by atoms with Crippen molar-refractivity contribution in [1.29, 1.82) is 0 Å². The summed E-state index contributed by atoms with van der Waals surface area (Å²) in [4.78, 5) is 20.3. The number of benzene rings is 1. The standard InChI is InChI=1S/C17H14F3N5O/c1-11-21-7-8-25(11)15-6-5-14(10-22-15)24-16(26)23-13-4-2-3-12(9-13)17(18,19)20/h2-10H,1H3,(H2,23,24,26). The number of carbonyl (C=O) groups is 1. The van der Waals surface area contributed by atoms with Gasteiger partial charge in [0.25, 0.3) is 0 Å². The summed E-state index contributed by atoms with van der Waals surface area (Å²) in [7, 11) is 0. The van der Waals surface area contributed by atoms with Gasteiger partial charge < -0.3 is 10.6 Å². The minimum atomic E-state index is -4.47. The van der Waals surface area contributed by atoms with Crippen molar-refractivity contribution in [1.82, 2.24) is 14.5 Å². The van der Waals surface area contributed by atoms with Crippen LogP contribution in [0.4, 0.5) is 29.3 Å². The summed E-state index contributed by atoms with van der Waals surface area (Å²) < 4.78 is 39.8. The van der Waals surface area contributed by atoms with Gasteiger partial charge in [-0.3, -0.25) is 4.57 Å². The Balaban J connectivity index is 1.66. The van der Waals surface area contributed by atoms with E-state index in [1.54, 1.807) is 29.1 Å². The van der Waals surface area contributed by atoms with Gasteiger partial charge in [0.1, 0.15) is 11.6 Å². The van der Waals surface area contributed by atoms with E-state index in [4.69, 9.17) is 0 Å². The molecular weight excluding hydrogens is 347 g/mol. The van der Waals surface area contributed by atoms with Crippen LogP contribution in [-0.4, -0.2) is 20.6 Å². The van der Waals surface area contributed by atoms with E-state index in [1.807, 2.05) is 6.92 Å². The van der Waals surface area contributed by atoms with Crippen molar-refractivity contribution >= 4 is 17.4 Å². The highest BCUT2D eigenvalue weighted by atomic mass is 19.4. The summed E-state index contributed by atoms with van der Waals surface area (Å²) in [6.07, 6.45) is 0.372. The summed E-state index contributed by atoms with van der Waals surface area (Å²) >= 11 is 0. The highest BCUT2D eigenvalue weighted by molar-refractivity contribution is 5.99. The Morgan fingerprint density at radius 1 is 1.08 bits per heavy atom. The normalized spacial score (nSPS) is 11.2. The van der Waals surface area contributed by atoms with Gasteiger partial charge in [-0.15, -0.1) is 0 Å². The number of imidazole rings is 1. The molecule has 6 nitrogen and oxygen atoms in total. The van der Waals surface area contributed by atoms with Gasteiger partial charge in [0.15, 0.2) is 0 Å². The van der Waals surface area contributed by atoms with Crippen LogP contribution >= 0.6 is 0 Å². The molecular formula is C17H14F3N5O. The van der Waals surface area contributed by atoms with Gasteiger partial charge in [0.2, 0.25) is 0 Å². The summed E-state index contributed by atoms with van der Waals surface area (Å²) in [6.45, 7) is 1.83. The van der Waals surface area contributed by atoms with E-state index in [0.29, 0.717) is 11.5 Å². The van der Waals surface area contributed by atoms with Gasteiger partial charge >= 0.3 is 12.2 Å². The monoisotopic (exact) mass is 361 g/mol. The Kier molecular flexibility index (Phi) is 4.61. The van der Waals surface area contributed by atoms with Crippen molar-refractivity contribution in [2.75, 3.05) is 10.6 Å². The lowest BCUT2D eigenvalue weighted by Crippen LogP contribution is -2.20. The maximum absolute atomic E-state index is 12.7. The van der Waals surface area contributed by atoms with Crippen molar-refractivity contribution in [3.05, 3.63) is 66.4 Å². The summed E-state index contributed by atoms with van der Waals surface area (Å²) in [5.74, 6) is 1.39. The molecule has 1 aromatic carbocycles. The topological polar surface area (TPSA) is 71.8 Å². The Bertz CT molecular complexity index is 919. The molecule has 26 heavy (non-hydrogen) atoms. The molecule has 134 valence electrons. The van der Waals surface area contributed by atoms with Crippen LogP contribution in [0.15, 0.2) is 55.0 Å². The fourth-order valence-electron chi connectivity index (χ4n) is 2.29. The number of anilines is 2. The summed E-state index contributed by atoms with van der Waals surface area (Å²) in [5.41, 5.74) is -0.399. The Labute approximate surface area is 146 Å². The van der Waals surface area contributed by atoms with Crippen LogP contribution in [0.25, 0.3) is 5.82 Å². The number of aromatic nitrogens is 3. The third-order valence-corrected chi connectivity index (χ3v) is 3.53. The van der Waals surface area contributed by atoms with E-state index < -0.39 is 17.8 Å². The fourth-order valence-corrected chi connectivity index (χ4v) is 2.29. The van der Waals surface area contributed by atoms with Crippen LogP contribution in [0.3, 0.4) is 0 Å². The molecule has 2 N–H and O–H groups in total. The molecule has 0 fully saturated rings. The molecule has 0 unspecified atom stereocenters. The van der Waals surface area contributed by atoms with Crippen LogP contribution in [0.5, 0.6) is 0 Å². The maximum Gasteiger partial charge on any atom is 0.416 e. The first-order valence-corrected chi connectivity index (χ1v) is 7.54. The molecule has 0 aliphatic heterocycles. The number of nitrogens with zero attached hydrogens (tertiary/aromatic N) is 3. The van der Waals surface area contributed by atoms with E-state index in [9.17, 15) is 18.0 Å². The smallest absolute Gasteiger partial charge is 0.308 e. The molecule has 0 saturated carbocycles. The number of carbonyl (C=O) groups excluding carboxylic acids is 1. The van der Waals surface area contributed by atoms with Gasteiger partial charge in [-0.2, -0.15) is 13.2 Å². The third-order valence-electron chi connectivity index (χ3n) is 3.53. The van der Waals surface area contributed by atoms with Crippen LogP contribution in [0, 0.1) is 6.92 Å². The lowest BCUT2D eigenvalue weighted by Gasteiger charge is -2.11. The van der Waals surface area contributed by atoms with E-state index in [0.717, 1.165) is 18.0 Å². The second kappa shape index (κ2) is 6.87. The largest absolute Gasteiger partial charge is 0.416 e. The minimum Gasteiger partial charge on any atom is -0.308 e. The highest BCUT2D eigenvalue weighted by Crippen LogP contribution is 2.30. The Morgan fingerprint density at radius 3 is 2.46 bits per heavy atom. The number of hydrogen-bond donors (Lipinski definition) is 2. The maximum atomic E-state index is 12.7. The third kappa shape index (κ3) is 4.00. The number of nitrogens with one attached hydrogen (secondary N) is 2. The molecule has 0 spiro atoms. The van der Waals surface area contributed by atoms with Gasteiger partial charge in [-0.25, -0.2) is 14.8 Å². The molecule has 0 aliphatic rings. The van der Waals surface area contributed by atoms with Crippen LogP contribution in [0.2, 0.25) is 0 Å². The number of rotatable bonds is 3. The molecule has 2 heterocycles. The van der Waals surface area contributed by atoms with Crippen molar-refractivity contribution in [3.63, 3.8) is 0 Å². The Hall–Kier alpha value is -3.36. The number of alkyl halides is 3. The first-order chi connectivity index (χ1) is 12.3. The number of urea groups is 1. The number of halogens is 3. The molecule has 0 bridgehead atoms. The van der Waals surface area contributed by atoms with E-state index in [2.05, 4.69) is 20.6 Å². The van der Waals surface area contributed by atoms with Crippen LogP contribution in [-0.2, 0) is 6.18 Å². The minimum absolute atomic E-state index is 0.0379. The Morgan fingerprint density at radius 2 is 1.85 bits per heavy atom. The summed E-state index contributed by atoms with van der Waals surface area (Å²) in [5, 5.41) is 4.88. The van der Waals surface area contributed by atoms with Gasteiger partial charge in [-0.1, -0.05) is 6.07 Å². The first kappa shape index (κ1) is 17.5. The zero-order valence-electron chi connectivity index (χ0n) is 13.6. The zero-order valence-corrected chi connectivity index (χ0v) is 13.6. The van der Waals surface area contributed by atoms with Crippen molar-refractivity contribution < 1.29 is 18.0 Å². The second-order valence-electron chi connectivity index (χ2n) is 5.41. The quantitative estimate of drug-likeness (QED) is 0.733. The molecule has 0 atom stereocenters. The molecule has 3 rings (SSSR count). The molecule has 0 aliphatic carbocycles. The molecule has 9 heteroatoms. The number of amides is 2. The van der Waals surface area contributed by atoms with Gasteiger partial charge in [0, 0.05) is 18.1 Å². The molecule has 0 radical (unpaired) electrons. The average Bonchev–Trinajstić information content (AvgIpc) is 3.01. The van der Waals surface area contributed by atoms with Gasteiger partial charge in [0.05, 0.1) is 17.4 Å². The SMILES string of the molecule is Cc1nccn1-c1ccc(NC(=O)Nc2cccc(C(F)(F)F)c2)cn1. The van der Waals surface area contributed by atoms with E-state index >= 15 is 0 Å². The predicted molar refractivity (Wildman–Crippen MR) is 90.2 cm³/mol. The van der Waals surface area contributed by atoms with Crippen LogP contribution < -0.4 is 10.6 Å². The first-order valence-electron chi connectivity index (χ1n) is 7.54. The molecule has 2 amide bonds. The molecule has 0 saturated heterocycles.